The highest BCUT2D eigenvalue weighted by Gasteiger charge is 2.44. The summed E-state index contributed by atoms with van der Waals surface area (Å²) in [5.74, 6) is 1.05. The predicted octanol–water partition coefficient (Wildman–Crippen LogP) is 2.89. The van der Waals surface area contributed by atoms with Gasteiger partial charge in [-0.3, -0.25) is 4.79 Å². The number of rotatable bonds is 6. The molecule has 1 aromatic rings. The fourth-order valence-electron chi connectivity index (χ4n) is 1.90. The maximum atomic E-state index is 11.7. The molecule has 1 saturated heterocycles. The molecule has 0 saturated carbocycles. The molecule has 0 unspecified atom stereocenters. The Morgan fingerprint density at radius 2 is 2.06 bits per heavy atom. The molecule has 92 valence electrons. The molecule has 0 N–H and O–H groups in total. The molecule has 1 aliphatic rings. The second-order valence-electron chi connectivity index (χ2n) is 4.32. The summed E-state index contributed by atoms with van der Waals surface area (Å²) in [6, 6.07) is 7.70. The molecule has 0 aromatic heterocycles. The number of methoxy groups -OCH3 is 1. The van der Waals surface area contributed by atoms with Gasteiger partial charge in [-0.1, -0.05) is 25.5 Å². The largest absolute Gasteiger partial charge is 0.497 e. The summed E-state index contributed by atoms with van der Waals surface area (Å²) in [7, 11) is 1.64. The van der Waals surface area contributed by atoms with Crippen LogP contribution in [0.2, 0.25) is 0 Å². The van der Waals surface area contributed by atoms with Gasteiger partial charge in [0, 0.05) is 6.42 Å². The molecule has 1 aromatic carbocycles. The van der Waals surface area contributed by atoms with Crippen LogP contribution in [0.3, 0.4) is 0 Å². The first-order chi connectivity index (χ1) is 8.26. The van der Waals surface area contributed by atoms with E-state index in [0.29, 0.717) is 6.42 Å². The Morgan fingerprint density at radius 3 is 2.65 bits per heavy atom. The third-order valence-corrected chi connectivity index (χ3v) is 3.03. The molecular weight excluding hydrogens is 216 g/mol. The number of hydrogen-bond donors (Lipinski definition) is 0. The van der Waals surface area contributed by atoms with Crippen molar-refractivity contribution in [3.05, 3.63) is 29.8 Å². The number of carbonyl (C=O) groups excluding carboxylic acids is 1. The zero-order valence-corrected chi connectivity index (χ0v) is 10.3. The van der Waals surface area contributed by atoms with Gasteiger partial charge in [0.1, 0.15) is 18.0 Å². The van der Waals surface area contributed by atoms with Crippen LogP contribution in [0.4, 0.5) is 0 Å². The number of Topliss-reactive ketones (excluding diaryl/α,β-unsaturated/α-hetero) is 1. The van der Waals surface area contributed by atoms with Gasteiger partial charge in [0.15, 0.2) is 5.78 Å². The van der Waals surface area contributed by atoms with Crippen molar-refractivity contribution in [1.82, 2.24) is 0 Å². The smallest absolute Gasteiger partial charge is 0.164 e. The molecule has 0 aliphatic carbocycles. The minimum absolute atomic E-state index is 0.0368. The monoisotopic (exact) mass is 234 g/mol. The van der Waals surface area contributed by atoms with Crippen LogP contribution in [0.1, 0.15) is 37.9 Å². The predicted molar refractivity (Wildman–Crippen MR) is 65.1 cm³/mol. The van der Waals surface area contributed by atoms with E-state index in [0.717, 1.165) is 24.2 Å². The van der Waals surface area contributed by atoms with Crippen LogP contribution < -0.4 is 4.74 Å². The van der Waals surface area contributed by atoms with E-state index < -0.39 is 0 Å². The van der Waals surface area contributed by atoms with E-state index in [1.807, 2.05) is 24.3 Å². The Kier molecular flexibility index (Phi) is 3.79. The molecule has 2 rings (SSSR count). The summed E-state index contributed by atoms with van der Waals surface area (Å²) in [4.78, 5) is 11.7. The van der Waals surface area contributed by atoms with Crippen LogP contribution in [-0.2, 0) is 9.53 Å². The Balaban J connectivity index is 1.90. The summed E-state index contributed by atoms with van der Waals surface area (Å²) in [6.07, 6.45) is 2.38. The lowest BCUT2D eigenvalue weighted by Gasteiger charge is -2.00. The van der Waals surface area contributed by atoms with Gasteiger partial charge in [-0.25, -0.2) is 0 Å². The fourth-order valence-corrected chi connectivity index (χ4v) is 1.90. The SMILES string of the molecule is CCCCC(=O)[C@@H]1O[C@@H]1c1ccc(OC)cc1. The van der Waals surface area contributed by atoms with E-state index in [2.05, 4.69) is 6.92 Å². The molecule has 0 radical (unpaired) electrons. The van der Waals surface area contributed by atoms with Crippen LogP contribution in [-0.4, -0.2) is 19.0 Å². The number of hydrogen-bond acceptors (Lipinski definition) is 3. The first-order valence-corrected chi connectivity index (χ1v) is 6.08. The molecular formula is C14H18O3. The summed E-state index contributed by atoms with van der Waals surface area (Å²) in [5.41, 5.74) is 1.06. The molecule has 3 heteroatoms. The lowest BCUT2D eigenvalue weighted by Crippen LogP contribution is -2.06. The van der Waals surface area contributed by atoms with Gasteiger partial charge in [0.2, 0.25) is 0 Å². The number of epoxide rings is 1. The van der Waals surface area contributed by atoms with Crippen molar-refractivity contribution in [1.29, 1.82) is 0 Å². The first-order valence-electron chi connectivity index (χ1n) is 6.08. The summed E-state index contributed by atoms with van der Waals surface area (Å²) >= 11 is 0. The zero-order chi connectivity index (χ0) is 12.3. The number of ketones is 1. The Morgan fingerprint density at radius 1 is 1.35 bits per heavy atom. The molecule has 17 heavy (non-hydrogen) atoms. The molecule has 1 fully saturated rings. The third-order valence-electron chi connectivity index (χ3n) is 3.03. The van der Waals surface area contributed by atoms with E-state index >= 15 is 0 Å². The fraction of sp³-hybridized carbons (Fsp3) is 0.500. The van der Waals surface area contributed by atoms with E-state index in [-0.39, 0.29) is 18.0 Å². The normalized spacial score (nSPS) is 22.2. The summed E-state index contributed by atoms with van der Waals surface area (Å²) in [5, 5.41) is 0. The van der Waals surface area contributed by atoms with Gasteiger partial charge in [-0.2, -0.15) is 0 Å². The van der Waals surface area contributed by atoms with Crippen molar-refractivity contribution in [3.63, 3.8) is 0 Å². The highest BCUT2D eigenvalue weighted by Crippen LogP contribution is 2.40. The van der Waals surface area contributed by atoms with Crippen LogP contribution in [0.5, 0.6) is 5.75 Å². The zero-order valence-electron chi connectivity index (χ0n) is 10.3. The van der Waals surface area contributed by atoms with Crippen LogP contribution in [0.25, 0.3) is 0 Å². The van der Waals surface area contributed by atoms with Gasteiger partial charge in [0.05, 0.1) is 7.11 Å². The molecule has 0 spiro atoms. The second kappa shape index (κ2) is 5.32. The summed E-state index contributed by atoms with van der Waals surface area (Å²) in [6.45, 7) is 2.09. The number of ether oxygens (including phenoxy) is 2. The van der Waals surface area contributed by atoms with Crippen molar-refractivity contribution >= 4 is 5.78 Å². The minimum Gasteiger partial charge on any atom is -0.497 e. The van der Waals surface area contributed by atoms with Crippen LogP contribution in [0.15, 0.2) is 24.3 Å². The molecule has 1 aliphatic heterocycles. The summed E-state index contributed by atoms with van der Waals surface area (Å²) < 4.78 is 10.5. The Bertz CT molecular complexity index is 383. The van der Waals surface area contributed by atoms with Gasteiger partial charge >= 0.3 is 0 Å². The van der Waals surface area contributed by atoms with Crippen molar-refractivity contribution in [3.8, 4) is 5.75 Å². The second-order valence-corrected chi connectivity index (χ2v) is 4.32. The van der Waals surface area contributed by atoms with E-state index in [4.69, 9.17) is 9.47 Å². The van der Waals surface area contributed by atoms with Gasteiger partial charge < -0.3 is 9.47 Å². The first kappa shape index (κ1) is 12.1. The number of unbranched alkanes of at least 4 members (excludes halogenated alkanes) is 1. The van der Waals surface area contributed by atoms with Gasteiger partial charge in [-0.15, -0.1) is 0 Å². The average Bonchev–Trinajstić information content (AvgIpc) is 3.16. The number of benzene rings is 1. The number of carbonyl (C=O) groups is 1. The topological polar surface area (TPSA) is 38.8 Å². The van der Waals surface area contributed by atoms with E-state index in [1.54, 1.807) is 7.11 Å². The third kappa shape index (κ3) is 2.86. The molecule has 3 nitrogen and oxygen atoms in total. The van der Waals surface area contributed by atoms with Crippen LogP contribution in [0, 0.1) is 0 Å². The molecule has 0 amide bonds. The molecule has 0 bridgehead atoms. The van der Waals surface area contributed by atoms with Crippen molar-refractivity contribution in [2.75, 3.05) is 7.11 Å². The van der Waals surface area contributed by atoms with Crippen molar-refractivity contribution < 1.29 is 14.3 Å². The maximum Gasteiger partial charge on any atom is 0.164 e. The Labute approximate surface area is 102 Å². The lowest BCUT2D eigenvalue weighted by molar-refractivity contribution is -0.120. The quantitative estimate of drug-likeness (QED) is 0.710. The van der Waals surface area contributed by atoms with Gasteiger partial charge in [-0.05, 0) is 24.1 Å². The average molecular weight is 234 g/mol. The van der Waals surface area contributed by atoms with E-state index in [9.17, 15) is 4.79 Å². The Hall–Kier alpha value is -1.35. The minimum atomic E-state index is -0.213. The molecule has 1 heterocycles. The van der Waals surface area contributed by atoms with Crippen LogP contribution >= 0.6 is 0 Å². The highest BCUT2D eigenvalue weighted by atomic mass is 16.6. The lowest BCUT2D eigenvalue weighted by atomic mass is 10.0. The highest BCUT2D eigenvalue weighted by molar-refractivity contribution is 5.86. The molecule has 2 atom stereocenters. The maximum absolute atomic E-state index is 11.7. The van der Waals surface area contributed by atoms with Crippen molar-refractivity contribution in [2.24, 2.45) is 0 Å². The van der Waals surface area contributed by atoms with Gasteiger partial charge in [0.25, 0.3) is 0 Å². The standard InChI is InChI=1S/C14H18O3/c1-3-4-5-12(15)14-13(17-14)10-6-8-11(16-2)9-7-10/h6-9,13-14H,3-5H2,1-2H3/t13-,14+/m1/s1. The van der Waals surface area contributed by atoms with E-state index in [1.165, 1.54) is 0 Å². The van der Waals surface area contributed by atoms with Crippen molar-refractivity contribution in [2.45, 2.75) is 38.4 Å².